The van der Waals surface area contributed by atoms with Crippen LogP contribution in [0.5, 0.6) is 0 Å². The molecule has 0 saturated carbocycles. The van der Waals surface area contributed by atoms with Crippen molar-refractivity contribution in [2.45, 2.75) is 46.1 Å². The summed E-state index contributed by atoms with van der Waals surface area (Å²) < 4.78 is 0. The predicted octanol–water partition coefficient (Wildman–Crippen LogP) is 1.79. The third kappa shape index (κ3) is 7.02. The van der Waals surface area contributed by atoms with E-state index in [1.165, 1.54) is 58.5 Å². The lowest BCUT2D eigenvalue weighted by Gasteiger charge is -2.23. The van der Waals surface area contributed by atoms with E-state index in [1.807, 2.05) is 0 Å². The van der Waals surface area contributed by atoms with E-state index < -0.39 is 0 Å². The second kappa shape index (κ2) is 8.90. The van der Waals surface area contributed by atoms with E-state index in [2.05, 4.69) is 35.9 Å². The number of likely N-dealkylation sites (tertiary alicyclic amines) is 1. The van der Waals surface area contributed by atoms with Gasteiger partial charge in [0.25, 0.3) is 0 Å². The Morgan fingerprint density at radius 3 is 2.47 bits per heavy atom. The Kier molecular flexibility index (Phi) is 7.82. The van der Waals surface area contributed by atoms with Crippen LogP contribution in [-0.4, -0.2) is 61.7 Å². The molecule has 0 spiro atoms. The number of likely N-dealkylation sites (N-methyl/N-ethyl adjacent to an activating group) is 1. The standard InChI is InChI=1S/C14H31N3/c1-4-16(13-8-15-14(2)3)11-7-12-17-9-5-6-10-17/h14-15H,4-13H2,1-3H3. The van der Waals surface area contributed by atoms with Crippen LogP contribution >= 0.6 is 0 Å². The first-order valence-corrected chi connectivity index (χ1v) is 7.40. The summed E-state index contributed by atoms with van der Waals surface area (Å²) >= 11 is 0. The summed E-state index contributed by atoms with van der Waals surface area (Å²) in [7, 11) is 0. The van der Waals surface area contributed by atoms with E-state index >= 15 is 0 Å². The first-order valence-electron chi connectivity index (χ1n) is 7.40. The van der Waals surface area contributed by atoms with Gasteiger partial charge in [-0.2, -0.15) is 0 Å². The van der Waals surface area contributed by atoms with E-state index in [0.717, 1.165) is 6.54 Å². The van der Waals surface area contributed by atoms with Crippen LogP contribution in [0.2, 0.25) is 0 Å². The highest BCUT2D eigenvalue weighted by atomic mass is 15.2. The van der Waals surface area contributed by atoms with Crippen molar-refractivity contribution in [3.63, 3.8) is 0 Å². The highest BCUT2D eigenvalue weighted by Gasteiger charge is 2.11. The van der Waals surface area contributed by atoms with Gasteiger partial charge in [0.1, 0.15) is 0 Å². The molecule has 17 heavy (non-hydrogen) atoms. The molecule has 1 rings (SSSR count). The zero-order chi connectivity index (χ0) is 12.5. The van der Waals surface area contributed by atoms with Crippen LogP contribution in [-0.2, 0) is 0 Å². The Bertz CT molecular complexity index is 176. The summed E-state index contributed by atoms with van der Waals surface area (Å²) in [5, 5.41) is 3.49. The van der Waals surface area contributed by atoms with Crippen LogP contribution in [0, 0.1) is 0 Å². The van der Waals surface area contributed by atoms with Gasteiger partial charge in [-0.25, -0.2) is 0 Å². The highest BCUT2D eigenvalue weighted by Crippen LogP contribution is 2.07. The van der Waals surface area contributed by atoms with Gasteiger partial charge in [-0.3, -0.25) is 0 Å². The van der Waals surface area contributed by atoms with Gasteiger partial charge in [0.15, 0.2) is 0 Å². The van der Waals surface area contributed by atoms with E-state index in [0.29, 0.717) is 6.04 Å². The predicted molar refractivity (Wildman–Crippen MR) is 75.5 cm³/mol. The minimum atomic E-state index is 0.610. The molecule has 0 aromatic rings. The molecule has 3 heteroatoms. The Labute approximate surface area is 108 Å². The lowest BCUT2D eigenvalue weighted by Crippen LogP contribution is -2.36. The maximum Gasteiger partial charge on any atom is 0.0107 e. The average Bonchev–Trinajstić information content (AvgIpc) is 2.79. The van der Waals surface area contributed by atoms with Crippen molar-refractivity contribution in [1.82, 2.24) is 15.1 Å². The minimum absolute atomic E-state index is 0.610. The zero-order valence-corrected chi connectivity index (χ0v) is 12.0. The third-order valence-electron chi connectivity index (χ3n) is 3.58. The van der Waals surface area contributed by atoms with Crippen LogP contribution < -0.4 is 5.32 Å². The van der Waals surface area contributed by atoms with Crippen molar-refractivity contribution >= 4 is 0 Å². The Hall–Kier alpha value is -0.120. The topological polar surface area (TPSA) is 18.5 Å². The molecular weight excluding hydrogens is 210 g/mol. The zero-order valence-electron chi connectivity index (χ0n) is 12.0. The van der Waals surface area contributed by atoms with Gasteiger partial charge in [0.05, 0.1) is 0 Å². The number of hydrogen-bond donors (Lipinski definition) is 1. The highest BCUT2D eigenvalue weighted by molar-refractivity contribution is 4.67. The summed E-state index contributed by atoms with van der Waals surface area (Å²) in [6.45, 7) is 15.4. The molecule has 0 aromatic heterocycles. The quantitative estimate of drug-likeness (QED) is 0.664. The van der Waals surface area contributed by atoms with Crippen molar-refractivity contribution < 1.29 is 0 Å². The number of rotatable bonds is 9. The van der Waals surface area contributed by atoms with Crippen molar-refractivity contribution in [3.05, 3.63) is 0 Å². The molecule has 0 unspecified atom stereocenters. The van der Waals surface area contributed by atoms with Gasteiger partial charge in [0.2, 0.25) is 0 Å². The lowest BCUT2D eigenvalue weighted by molar-refractivity contribution is 0.252. The van der Waals surface area contributed by atoms with Crippen molar-refractivity contribution in [2.24, 2.45) is 0 Å². The molecule has 0 bridgehead atoms. The van der Waals surface area contributed by atoms with E-state index in [4.69, 9.17) is 0 Å². The molecule has 1 aliphatic heterocycles. The van der Waals surface area contributed by atoms with Gasteiger partial charge < -0.3 is 15.1 Å². The fraction of sp³-hybridized carbons (Fsp3) is 1.00. The summed E-state index contributed by atoms with van der Waals surface area (Å²) in [4.78, 5) is 5.17. The first kappa shape index (κ1) is 14.9. The van der Waals surface area contributed by atoms with Crippen LogP contribution in [0.4, 0.5) is 0 Å². The summed E-state index contributed by atoms with van der Waals surface area (Å²) in [6.07, 6.45) is 4.15. The Morgan fingerprint density at radius 1 is 1.18 bits per heavy atom. The molecular formula is C14H31N3. The second-order valence-corrected chi connectivity index (χ2v) is 5.45. The largest absolute Gasteiger partial charge is 0.313 e. The summed E-state index contributed by atoms with van der Waals surface area (Å²) in [5.74, 6) is 0. The molecule has 0 atom stereocenters. The molecule has 0 amide bonds. The monoisotopic (exact) mass is 241 g/mol. The molecule has 1 N–H and O–H groups in total. The van der Waals surface area contributed by atoms with Gasteiger partial charge in [0, 0.05) is 19.1 Å². The Morgan fingerprint density at radius 2 is 1.88 bits per heavy atom. The second-order valence-electron chi connectivity index (χ2n) is 5.45. The minimum Gasteiger partial charge on any atom is -0.313 e. The summed E-state index contributed by atoms with van der Waals surface area (Å²) in [6, 6.07) is 0.610. The molecule has 3 nitrogen and oxygen atoms in total. The maximum absolute atomic E-state index is 3.49. The SMILES string of the molecule is CCN(CCCN1CCCC1)CCNC(C)C. The van der Waals surface area contributed by atoms with Gasteiger partial charge >= 0.3 is 0 Å². The fourth-order valence-electron chi connectivity index (χ4n) is 2.46. The smallest absolute Gasteiger partial charge is 0.0107 e. The van der Waals surface area contributed by atoms with Crippen LogP contribution in [0.15, 0.2) is 0 Å². The maximum atomic E-state index is 3.49. The van der Waals surface area contributed by atoms with Crippen LogP contribution in [0.3, 0.4) is 0 Å². The number of nitrogens with zero attached hydrogens (tertiary/aromatic N) is 2. The molecule has 102 valence electrons. The van der Waals surface area contributed by atoms with Crippen molar-refractivity contribution in [3.8, 4) is 0 Å². The molecule has 1 fully saturated rings. The van der Waals surface area contributed by atoms with Crippen LogP contribution in [0.1, 0.15) is 40.0 Å². The van der Waals surface area contributed by atoms with Gasteiger partial charge in [-0.1, -0.05) is 20.8 Å². The average molecular weight is 241 g/mol. The normalized spacial score (nSPS) is 17.5. The first-order chi connectivity index (χ1) is 8.22. The molecule has 0 radical (unpaired) electrons. The van der Waals surface area contributed by atoms with Gasteiger partial charge in [-0.05, 0) is 52.0 Å². The number of nitrogens with one attached hydrogen (secondary N) is 1. The molecule has 0 aromatic carbocycles. The lowest BCUT2D eigenvalue weighted by atomic mass is 10.3. The molecule has 1 aliphatic rings. The van der Waals surface area contributed by atoms with Crippen molar-refractivity contribution in [1.29, 1.82) is 0 Å². The van der Waals surface area contributed by atoms with Crippen molar-refractivity contribution in [2.75, 3.05) is 45.8 Å². The third-order valence-corrected chi connectivity index (χ3v) is 3.58. The van der Waals surface area contributed by atoms with E-state index in [1.54, 1.807) is 0 Å². The molecule has 1 heterocycles. The molecule has 0 aliphatic carbocycles. The van der Waals surface area contributed by atoms with Crippen LogP contribution in [0.25, 0.3) is 0 Å². The fourth-order valence-corrected chi connectivity index (χ4v) is 2.46. The summed E-state index contributed by atoms with van der Waals surface area (Å²) in [5.41, 5.74) is 0. The number of hydrogen-bond acceptors (Lipinski definition) is 3. The Balaban J connectivity index is 2.01. The van der Waals surface area contributed by atoms with E-state index in [-0.39, 0.29) is 0 Å². The van der Waals surface area contributed by atoms with Gasteiger partial charge in [-0.15, -0.1) is 0 Å². The van der Waals surface area contributed by atoms with E-state index in [9.17, 15) is 0 Å². The molecule has 1 saturated heterocycles.